The van der Waals surface area contributed by atoms with E-state index in [0.29, 0.717) is 6.61 Å². The van der Waals surface area contributed by atoms with Crippen LogP contribution in [-0.2, 0) is 11.3 Å². The minimum Gasteiger partial charge on any atom is -0.467 e. The third-order valence-electron chi connectivity index (χ3n) is 2.42. The fourth-order valence-electron chi connectivity index (χ4n) is 1.49. The predicted molar refractivity (Wildman–Crippen MR) is 65.4 cm³/mol. The minimum atomic E-state index is 0.586. The molecule has 0 aromatic carbocycles. The summed E-state index contributed by atoms with van der Waals surface area (Å²) in [6.07, 6.45) is 6.63. The van der Waals surface area contributed by atoms with Gasteiger partial charge in [0, 0.05) is 6.61 Å². The van der Waals surface area contributed by atoms with Gasteiger partial charge in [0.25, 0.3) is 0 Å². The van der Waals surface area contributed by atoms with Crippen LogP contribution in [0.2, 0.25) is 0 Å². The smallest absolute Gasteiger partial charge is 0.129 e. The molecule has 0 saturated heterocycles. The summed E-state index contributed by atoms with van der Waals surface area (Å²) in [5.74, 6) is 0.899. The maximum Gasteiger partial charge on any atom is 0.129 e. The standard InChI is InChI=1S/C13H23NO2/c1-2-3-4-8-14-9-6-10-15-12-13-7-5-11-16-13/h5,7,11,14H,2-4,6,8-10,12H2,1H3. The molecular formula is C13H23NO2. The van der Waals surface area contributed by atoms with Gasteiger partial charge in [0.2, 0.25) is 0 Å². The zero-order valence-corrected chi connectivity index (χ0v) is 10.2. The number of hydrogen-bond acceptors (Lipinski definition) is 3. The lowest BCUT2D eigenvalue weighted by molar-refractivity contribution is 0.104. The van der Waals surface area contributed by atoms with Crippen molar-refractivity contribution in [3.05, 3.63) is 24.2 Å². The second-order valence-electron chi connectivity index (χ2n) is 3.94. The lowest BCUT2D eigenvalue weighted by atomic mass is 10.2. The first-order valence-corrected chi connectivity index (χ1v) is 6.24. The molecule has 1 rings (SSSR count). The maximum atomic E-state index is 5.47. The first kappa shape index (κ1) is 13.3. The van der Waals surface area contributed by atoms with E-state index in [-0.39, 0.29) is 0 Å². The summed E-state index contributed by atoms with van der Waals surface area (Å²) in [7, 11) is 0. The molecule has 0 aliphatic heterocycles. The largest absolute Gasteiger partial charge is 0.467 e. The zero-order chi connectivity index (χ0) is 11.5. The number of hydrogen-bond donors (Lipinski definition) is 1. The van der Waals surface area contributed by atoms with Gasteiger partial charge in [0.1, 0.15) is 12.4 Å². The summed E-state index contributed by atoms with van der Waals surface area (Å²) in [6, 6.07) is 3.82. The molecule has 1 aromatic rings. The zero-order valence-electron chi connectivity index (χ0n) is 10.2. The van der Waals surface area contributed by atoms with E-state index in [1.54, 1.807) is 6.26 Å². The van der Waals surface area contributed by atoms with Crippen molar-refractivity contribution in [2.45, 2.75) is 39.2 Å². The van der Waals surface area contributed by atoms with Gasteiger partial charge in [-0.15, -0.1) is 0 Å². The minimum absolute atomic E-state index is 0.586. The summed E-state index contributed by atoms with van der Waals surface area (Å²) in [4.78, 5) is 0. The van der Waals surface area contributed by atoms with E-state index in [1.165, 1.54) is 19.3 Å². The Morgan fingerprint density at radius 1 is 1.25 bits per heavy atom. The highest BCUT2D eigenvalue weighted by molar-refractivity contribution is 4.95. The van der Waals surface area contributed by atoms with Gasteiger partial charge in [0.15, 0.2) is 0 Å². The average molecular weight is 225 g/mol. The van der Waals surface area contributed by atoms with Gasteiger partial charge in [-0.2, -0.15) is 0 Å². The molecule has 0 aliphatic carbocycles. The third kappa shape index (κ3) is 6.64. The molecule has 0 bridgehead atoms. The van der Waals surface area contributed by atoms with Crippen LogP contribution in [0.5, 0.6) is 0 Å². The molecule has 16 heavy (non-hydrogen) atoms. The molecule has 3 heteroatoms. The Balaban J connectivity index is 1.78. The van der Waals surface area contributed by atoms with Crippen LogP contribution in [-0.4, -0.2) is 19.7 Å². The van der Waals surface area contributed by atoms with Crippen LogP contribution in [0.1, 0.15) is 38.4 Å². The van der Waals surface area contributed by atoms with E-state index in [0.717, 1.165) is 31.9 Å². The van der Waals surface area contributed by atoms with Gasteiger partial charge >= 0.3 is 0 Å². The fourth-order valence-corrected chi connectivity index (χ4v) is 1.49. The quantitative estimate of drug-likeness (QED) is 0.622. The van der Waals surface area contributed by atoms with Crippen LogP contribution in [0.15, 0.2) is 22.8 Å². The second-order valence-corrected chi connectivity index (χ2v) is 3.94. The van der Waals surface area contributed by atoms with E-state index < -0.39 is 0 Å². The summed E-state index contributed by atoms with van der Waals surface area (Å²) >= 11 is 0. The van der Waals surface area contributed by atoms with Crippen LogP contribution in [0.3, 0.4) is 0 Å². The first-order valence-electron chi connectivity index (χ1n) is 6.24. The van der Waals surface area contributed by atoms with E-state index >= 15 is 0 Å². The normalized spacial score (nSPS) is 10.8. The van der Waals surface area contributed by atoms with Gasteiger partial charge in [-0.3, -0.25) is 0 Å². The van der Waals surface area contributed by atoms with E-state index in [9.17, 15) is 0 Å². The molecule has 0 amide bonds. The molecule has 0 radical (unpaired) electrons. The van der Waals surface area contributed by atoms with Crippen molar-refractivity contribution in [2.75, 3.05) is 19.7 Å². The Morgan fingerprint density at radius 3 is 2.88 bits per heavy atom. The molecule has 0 unspecified atom stereocenters. The van der Waals surface area contributed by atoms with Crippen molar-refractivity contribution in [3.63, 3.8) is 0 Å². The topological polar surface area (TPSA) is 34.4 Å². The number of furan rings is 1. The molecule has 0 aliphatic rings. The third-order valence-corrected chi connectivity index (χ3v) is 2.42. The fraction of sp³-hybridized carbons (Fsp3) is 0.692. The Kier molecular flexibility index (Phi) is 7.82. The molecule has 1 heterocycles. The highest BCUT2D eigenvalue weighted by atomic mass is 16.5. The average Bonchev–Trinajstić information content (AvgIpc) is 2.80. The van der Waals surface area contributed by atoms with Crippen LogP contribution >= 0.6 is 0 Å². The van der Waals surface area contributed by atoms with E-state index in [1.807, 2.05) is 12.1 Å². The number of unbranched alkanes of at least 4 members (excludes halogenated alkanes) is 2. The highest BCUT2D eigenvalue weighted by Crippen LogP contribution is 2.01. The Bertz CT molecular complexity index is 234. The van der Waals surface area contributed by atoms with Crippen LogP contribution in [0.25, 0.3) is 0 Å². The van der Waals surface area contributed by atoms with Crippen LogP contribution in [0.4, 0.5) is 0 Å². The summed E-state index contributed by atoms with van der Waals surface area (Å²) < 4.78 is 10.6. The van der Waals surface area contributed by atoms with Crippen molar-refractivity contribution in [1.82, 2.24) is 5.32 Å². The van der Waals surface area contributed by atoms with Crippen molar-refractivity contribution >= 4 is 0 Å². The summed E-state index contributed by atoms with van der Waals surface area (Å²) in [5, 5.41) is 3.41. The van der Waals surface area contributed by atoms with Crippen molar-refractivity contribution in [2.24, 2.45) is 0 Å². The van der Waals surface area contributed by atoms with Gasteiger partial charge in [0.05, 0.1) is 6.26 Å². The molecule has 0 saturated carbocycles. The van der Waals surface area contributed by atoms with Crippen molar-refractivity contribution < 1.29 is 9.15 Å². The number of rotatable bonds is 10. The van der Waals surface area contributed by atoms with Crippen LogP contribution in [0, 0.1) is 0 Å². The molecule has 92 valence electrons. The highest BCUT2D eigenvalue weighted by Gasteiger charge is 1.95. The van der Waals surface area contributed by atoms with E-state index in [2.05, 4.69) is 12.2 Å². The molecule has 0 atom stereocenters. The SMILES string of the molecule is CCCCCNCCCOCc1ccco1. The Morgan fingerprint density at radius 2 is 2.12 bits per heavy atom. The lowest BCUT2D eigenvalue weighted by Gasteiger charge is -2.04. The monoisotopic (exact) mass is 225 g/mol. The summed E-state index contributed by atoms with van der Waals surface area (Å²) in [6.45, 7) is 5.78. The van der Waals surface area contributed by atoms with Gasteiger partial charge in [-0.05, 0) is 38.1 Å². The Labute approximate surface area is 98.2 Å². The molecule has 3 nitrogen and oxygen atoms in total. The maximum absolute atomic E-state index is 5.47. The Hall–Kier alpha value is -0.800. The summed E-state index contributed by atoms with van der Waals surface area (Å²) in [5.41, 5.74) is 0. The lowest BCUT2D eigenvalue weighted by Crippen LogP contribution is -2.18. The van der Waals surface area contributed by atoms with Crippen LogP contribution < -0.4 is 5.32 Å². The van der Waals surface area contributed by atoms with E-state index in [4.69, 9.17) is 9.15 Å². The van der Waals surface area contributed by atoms with Gasteiger partial charge in [-0.25, -0.2) is 0 Å². The molecular weight excluding hydrogens is 202 g/mol. The molecule has 1 N–H and O–H groups in total. The number of ether oxygens (including phenoxy) is 1. The predicted octanol–water partition coefficient (Wildman–Crippen LogP) is 2.97. The molecule has 0 fully saturated rings. The van der Waals surface area contributed by atoms with Crippen molar-refractivity contribution in [3.8, 4) is 0 Å². The van der Waals surface area contributed by atoms with Gasteiger partial charge in [-0.1, -0.05) is 19.8 Å². The number of nitrogens with one attached hydrogen (secondary N) is 1. The molecule has 0 spiro atoms. The van der Waals surface area contributed by atoms with Gasteiger partial charge < -0.3 is 14.5 Å². The van der Waals surface area contributed by atoms with Crippen molar-refractivity contribution in [1.29, 1.82) is 0 Å². The molecule has 1 aromatic heterocycles. The second kappa shape index (κ2) is 9.43. The first-order chi connectivity index (χ1) is 7.93.